The number of hydrogen-bond donors (Lipinski definition) is 1. The van der Waals surface area contributed by atoms with Crippen LogP contribution in [0.5, 0.6) is 0 Å². The summed E-state index contributed by atoms with van der Waals surface area (Å²) in [4.78, 5) is 12.3. The molecule has 2 aromatic rings. The lowest BCUT2D eigenvalue weighted by atomic mass is 9.76. The van der Waals surface area contributed by atoms with Gasteiger partial charge in [-0.25, -0.2) is 0 Å². The van der Waals surface area contributed by atoms with E-state index in [1.165, 1.54) is 0 Å². The standard InChI is InChI=1S/C18H25NO2/c1-18(2,3)14(10-11-19)8-9-15(20)17-12-13-6-4-5-7-16(13)21-17/h4-7,12,14H,8-11,19H2,1-3H3. The maximum Gasteiger partial charge on any atom is 0.198 e. The molecule has 1 heterocycles. The summed E-state index contributed by atoms with van der Waals surface area (Å²) in [7, 11) is 0. The van der Waals surface area contributed by atoms with Crippen molar-refractivity contribution >= 4 is 16.8 Å². The number of para-hydroxylation sites is 1. The van der Waals surface area contributed by atoms with Crippen molar-refractivity contribution in [1.82, 2.24) is 0 Å². The number of fused-ring (bicyclic) bond motifs is 1. The summed E-state index contributed by atoms with van der Waals surface area (Å²) in [5, 5.41) is 0.982. The van der Waals surface area contributed by atoms with Crippen molar-refractivity contribution in [1.29, 1.82) is 0 Å². The zero-order valence-corrected chi connectivity index (χ0v) is 13.2. The molecule has 0 amide bonds. The molecule has 0 spiro atoms. The van der Waals surface area contributed by atoms with Crippen LogP contribution in [0.4, 0.5) is 0 Å². The Kier molecular flexibility index (Phi) is 4.84. The summed E-state index contributed by atoms with van der Waals surface area (Å²) >= 11 is 0. The van der Waals surface area contributed by atoms with Crippen LogP contribution in [0.25, 0.3) is 11.0 Å². The van der Waals surface area contributed by atoms with E-state index in [1.54, 1.807) is 0 Å². The molecule has 1 unspecified atom stereocenters. The van der Waals surface area contributed by atoms with Crippen LogP contribution >= 0.6 is 0 Å². The molecular weight excluding hydrogens is 262 g/mol. The van der Waals surface area contributed by atoms with Crippen molar-refractivity contribution in [2.24, 2.45) is 17.1 Å². The largest absolute Gasteiger partial charge is 0.453 e. The minimum absolute atomic E-state index is 0.0810. The van der Waals surface area contributed by atoms with E-state index in [1.807, 2.05) is 30.3 Å². The third kappa shape index (κ3) is 3.94. The number of benzene rings is 1. The number of Topliss-reactive ketones (excluding diaryl/α,β-unsaturated/α-hetero) is 1. The SMILES string of the molecule is CC(C)(C)C(CCN)CCC(=O)c1cc2ccccc2o1. The van der Waals surface area contributed by atoms with Gasteiger partial charge in [0.1, 0.15) is 5.58 Å². The minimum atomic E-state index is 0.0810. The molecule has 0 aliphatic rings. The van der Waals surface area contributed by atoms with Crippen molar-refractivity contribution in [2.75, 3.05) is 6.54 Å². The lowest BCUT2D eigenvalue weighted by Gasteiger charge is -2.30. The molecule has 2 rings (SSSR count). The van der Waals surface area contributed by atoms with Crippen LogP contribution in [0.1, 0.15) is 50.6 Å². The van der Waals surface area contributed by atoms with Crippen molar-refractivity contribution in [3.05, 3.63) is 36.1 Å². The lowest BCUT2D eigenvalue weighted by Crippen LogP contribution is -2.24. The number of rotatable bonds is 6. The first kappa shape index (κ1) is 15.8. The molecular formula is C18H25NO2. The van der Waals surface area contributed by atoms with Crippen molar-refractivity contribution in [3.63, 3.8) is 0 Å². The van der Waals surface area contributed by atoms with Gasteiger partial charge < -0.3 is 10.2 Å². The van der Waals surface area contributed by atoms with Gasteiger partial charge in [-0.1, -0.05) is 39.0 Å². The number of carbonyl (C=O) groups excluding carboxylic acids is 1. The summed E-state index contributed by atoms with van der Waals surface area (Å²) in [5.74, 6) is 1.00. The predicted molar refractivity (Wildman–Crippen MR) is 86.4 cm³/mol. The molecule has 3 nitrogen and oxygen atoms in total. The molecule has 0 radical (unpaired) electrons. The average molecular weight is 287 g/mol. The lowest BCUT2D eigenvalue weighted by molar-refractivity contribution is 0.0933. The first-order valence-electron chi connectivity index (χ1n) is 7.63. The summed E-state index contributed by atoms with van der Waals surface area (Å²) in [6.07, 6.45) is 2.33. The van der Waals surface area contributed by atoms with Gasteiger partial charge in [0.05, 0.1) is 0 Å². The van der Waals surface area contributed by atoms with Crippen LogP contribution < -0.4 is 5.73 Å². The molecule has 114 valence electrons. The average Bonchev–Trinajstić information content (AvgIpc) is 2.85. The topological polar surface area (TPSA) is 56.2 Å². The molecule has 0 aliphatic carbocycles. The van der Waals surface area contributed by atoms with Crippen molar-refractivity contribution in [3.8, 4) is 0 Å². The van der Waals surface area contributed by atoms with Crippen LogP contribution in [0.3, 0.4) is 0 Å². The molecule has 21 heavy (non-hydrogen) atoms. The number of ketones is 1. The fourth-order valence-corrected chi connectivity index (χ4v) is 2.76. The highest BCUT2D eigenvalue weighted by Crippen LogP contribution is 2.32. The summed E-state index contributed by atoms with van der Waals surface area (Å²) in [6.45, 7) is 7.29. The van der Waals surface area contributed by atoms with Crippen LogP contribution in [-0.4, -0.2) is 12.3 Å². The monoisotopic (exact) mass is 287 g/mol. The van der Waals surface area contributed by atoms with Crippen LogP contribution in [0, 0.1) is 11.3 Å². The van der Waals surface area contributed by atoms with E-state index in [4.69, 9.17) is 10.2 Å². The Balaban J connectivity index is 2.03. The van der Waals surface area contributed by atoms with E-state index >= 15 is 0 Å². The van der Waals surface area contributed by atoms with Gasteiger partial charge in [0, 0.05) is 11.8 Å². The van der Waals surface area contributed by atoms with Gasteiger partial charge in [0.15, 0.2) is 11.5 Å². The van der Waals surface area contributed by atoms with Crippen molar-refractivity contribution < 1.29 is 9.21 Å². The smallest absolute Gasteiger partial charge is 0.198 e. The Morgan fingerprint density at radius 1 is 1.24 bits per heavy atom. The van der Waals surface area contributed by atoms with E-state index in [-0.39, 0.29) is 11.2 Å². The highest BCUT2D eigenvalue weighted by molar-refractivity contribution is 5.97. The van der Waals surface area contributed by atoms with Gasteiger partial charge in [-0.05, 0) is 42.9 Å². The van der Waals surface area contributed by atoms with Gasteiger partial charge in [-0.2, -0.15) is 0 Å². The van der Waals surface area contributed by atoms with Gasteiger partial charge in [0.25, 0.3) is 0 Å². The van der Waals surface area contributed by atoms with Gasteiger partial charge in [0.2, 0.25) is 0 Å². The summed E-state index contributed by atoms with van der Waals surface area (Å²) in [6, 6.07) is 9.55. The van der Waals surface area contributed by atoms with Crippen molar-refractivity contribution in [2.45, 2.75) is 40.0 Å². The first-order chi connectivity index (χ1) is 9.91. The molecule has 0 fully saturated rings. The third-order valence-electron chi connectivity index (χ3n) is 4.16. The Labute approximate surface area is 126 Å². The second-order valence-electron chi connectivity index (χ2n) is 6.75. The fourth-order valence-electron chi connectivity index (χ4n) is 2.76. The molecule has 2 N–H and O–H groups in total. The number of hydrogen-bond acceptors (Lipinski definition) is 3. The van der Waals surface area contributed by atoms with Crippen LogP contribution in [-0.2, 0) is 0 Å². The van der Waals surface area contributed by atoms with E-state index in [0.717, 1.165) is 23.8 Å². The second kappa shape index (κ2) is 6.44. The Hall–Kier alpha value is -1.61. The Morgan fingerprint density at radius 3 is 2.57 bits per heavy atom. The van der Waals surface area contributed by atoms with E-state index < -0.39 is 0 Å². The Bertz CT molecular complexity index is 574. The maximum absolute atomic E-state index is 12.3. The first-order valence-corrected chi connectivity index (χ1v) is 7.63. The van der Waals surface area contributed by atoms with Gasteiger partial charge in [-0.15, -0.1) is 0 Å². The van der Waals surface area contributed by atoms with Crippen LogP contribution in [0.2, 0.25) is 0 Å². The summed E-state index contributed by atoms with van der Waals surface area (Å²) < 4.78 is 5.63. The third-order valence-corrected chi connectivity index (χ3v) is 4.16. The second-order valence-corrected chi connectivity index (χ2v) is 6.75. The molecule has 0 saturated heterocycles. The predicted octanol–water partition coefficient (Wildman–Crippen LogP) is 4.41. The highest BCUT2D eigenvalue weighted by Gasteiger charge is 2.25. The number of nitrogens with two attached hydrogens (primary N) is 1. The molecule has 1 aromatic carbocycles. The molecule has 1 aromatic heterocycles. The van der Waals surface area contributed by atoms with E-state index in [9.17, 15) is 4.79 Å². The van der Waals surface area contributed by atoms with E-state index in [0.29, 0.717) is 24.6 Å². The highest BCUT2D eigenvalue weighted by atomic mass is 16.3. The zero-order valence-electron chi connectivity index (χ0n) is 13.2. The zero-order chi connectivity index (χ0) is 15.5. The molecule has 0 aliphatic heterocycles. The van der Waals surface area contributed by atoms with Crippen LogP contribution in [0.15, 0.2) is 34.7 Å². The maximum atomic E-state index is 12.3. The molecule has 0 saturated carbocycles. The quantitative estimate of drug-likeness (QED) is 0.801. The fraction of sp³-hybridized carbons (Fsp3) is 0.500. The summed E-state index contributed by atoms with van der Waals surface area (Å²) in [5.41, 5.74) is 6.64. The molecule has 1 atom stereocenters. The van der Waals surface area contributed by atoms with Gasteiger partial charge >= 0.3 is 0 Å². The molecule has 0 bridgehead atoms. The van der Waals surface area contributed by atoms with E-state index in [2.05, 4.69) is 20.8 Å². The Morgan fingerprint density at radius 2 is 1.95 bits per heavy atom. The molecule has 3 heteroatoms. The van der Waals surface area contributed by atoms with Gasteiger partial charge in [-0.3, -0.25) is 4.79 Å². The minimum Gasteiger partial charge on any atom is -0.453 e. The number of carbonyl (C=O) groups is 1. The number of furan rings is 1. The normalized spacial score (nSPS) is 13.5.